The van der Waals surface area contributed by atoms with Crippen LogP contribution in [0, 0.1) is 3.57 Å². The predicted octanol–water partition coefficient (Wildman–Crippen LogP) is 4.04. The highest BCUT2D eigenvalue weighted by atomic mass is 127. The van der Waals surface area contributed by atoms with E-state index in [0.717, 1.165) is 22.8 Å². The predicted molar refractivity (Wildman–Crippen MR) is 164 cm³/mol. The zero-order valence-corrected chi connectivity index (χ0v) is 25.1. The maximum Gasteiger partial charge on any atom is 0.349 e. The normalized spacial score (nSPS) is 18.5. The number of aliphatic hydroxyl groups is 2. The summed E-state index contributed by atoms with van der Waals surface area (Å²) in [7, 11) is 0. The molecule has 3 unspecified atom stereocenters. The van der Waals surface area contributed by atoms with Gasteiger partial charge in [-0.05, 0) is 59.4 Å². The van der Waals surface area contributed by atoms with E-state index in [4.69, 9.17) is 9.15 Å². The lowest BCUT2D eigenvalue weighted by molar-refractivity contribution is -0.118. The number of carbonyl (C=O) groups is 2. The molecule has 1 aliphatic carbocycles. The van der Waals surface area contributed by atoms with Gasteiger partial charge in [-0.25, -0.2) is 4.79 Å². The standard InChI is InChI=1S/C31H35IN2O7/c1-2-3-4-9-15-34(30(38)22-17-20-10-5-7-12-25(20)41-31(22)39)24-18-21(29(37)33-14-16-35)19-27(28(24)36)40-26-13-8-6-11-23(26)32/h5-8,10-13,17,19,24,27-28,35-36H,2-4,9,14-16,18H2,1H3,(H,33,37). The first-order valence-corrected chi connectivity index (χ1v) is 14.9. The van der Waals surface area contributed by atoms with Crippen molar-refractivity contribution in [1.82, 2.24) is 10.2 Å². The third-order valence-corrected chi connectivity index (χ3v) is 7.99. The summed E-state index contributed by atoms with van der Waals surface area (Å²) in [6, 6.07) is 14.9. The number of nitrogens with one attached hydrogen (secondary N) is 1. The van der Waals surface area contributed by atoms with Gasteiger partial charge in [0.1, 0.15) is 29.1 Å². The van der Waals surface area contributed by atoms with Crippen LogP contribution in [0.2, 0.25) is 0 Å². The smallest absolute Gasteiger partial charge is 0.349 e. The van der Waals surface area contributed by atoms with Gasteiger partial charge in [-0.3, -0.25) is 9.59 Å². The molecule has 0 aliphatic heterocycles. The number of hydrogen-bond donors (Lipinski definition) is 3. The number of benzene rings is 2. The molecular weight excluding hydrogens is 639 g/mol. The van der Waals surface area contributed by atoms with Gasteiger partial charge in [0.05, 0.1) is 16.2 Å². The summed E-state index contributed by atoms with van der Waals surface area (Å²) in [6.07, 6.45) is 2.96. The first-order valence-electron chi connectivity index (χ1n) is 13.9. The Morgan fingerprint density at radius 3 is 2.63 bits per heavy atom. The number of amides is 2. The van der Waals surface area contributed by atoms with Crippen LogP contribution < -0.4 is 15.7 Å². The van der Waals surface area contributed by atoms with Crippen molar-refractivity contribution >= 4 is 45.4 Å². The second kappa shape index (κ2) is 14.6. The maximum absolute atomic E-state index is 14.0. The molecule has 0 saturated heterocycles. The molecule has 0 saturated carbocycles. The molecule has 1 aliphatic rings. The average Bonchev–Trinajstić information content (AvgIpc) is 2.97. The van der Waals surface area contributed by atoms with Crippen molar-refractivity contribution in [3.8, 4) is 5.75 Å². The van der Waals surface area contributed by atoms with Crippen LogP contribution in [0.5, 0.6) is 5.75 Å². The van der Waals surface area contributed by atoms with E-state index < -0.39 is 35.7 Å². The van der Waals surface area contributed by atoms with Gasteiger partial charge in [0.25, 0.3) is 5.91 Å². The molecule has 9 nitrogen and oxygen atoms in total. The fourth-order valence-corrected chi connectivity index (χ4v) is 5.47. The van der Waals surface area contributed by atoms with Gasteiger partial charge >= 0.3 is 5.63 Å². The molecule has 1 aromatic heterocycles. The van der Waals surface area contributed by atoms with Crippen molar-refractivity contribution in [2.45, 2.75) is 57.3 Å². The minimum atomic E-state index is -1.19. The van der Waals surface area contributed by atoms with E-state index in [1.807, 2.05) is 18.2 Å². The van der Waals surface area contributed by atoms with Crippen molar-refractivity contribution in [2.24, 2.45) is 0 Å². The third kappa shape index (κ3) is 7.55. The zero-order valence-electron chi connectivity index (χ0n) is 22.9. The molecule has 10 heteroatoms. The Hall–Kier alpha value is -3.22. The van der Waals surface area contributed by atoms with Gasteiger partial charge in [-0.15, -0.1) is 0 Å². The number of unbranched alkanes of at least 4 members (excludes halogenated alkanes) is 3. The summed E-state index contributed by atoms with van der Waals surface area (Å²) >= 11 is 2.13. The molecule has 3 aromatic rings. The molecule has 41 heavy (non-hydrogen) atoms. The van der Waals surface area contributed by atoms with E-state index in [1.165, 1.54) is 11.0 Å². The summed E-state index contributed by atoms with van der Waals surface area (Å²) in [5, 5.41) is 24.1. The SMILES string of the molecule is CCCCCCN(C(=O)c1cc2ccccc2oc1=O)C1CC(C(=O)NCCO)=CC(Oc2ccccc2I)C1O. The lowest BCUT2D eigenvalue weighted by Crippen LogP contribution is -2.55. The molecule has 3 atom stereocenters. The number of rotatable bonds is 12. The fraction of sp³-hybridized carbons (Fsp3) is 0.387. The van der Waals surface area contributed by atoms with E-state index >= 15 is 0 Å². The van der Waals surface area contributed by atoms with Crippen LogP contribution in [0.25, 0.3) is 11.0 Å². The van der Waals surface area contributed by atoms with Gasteiger partial charge in [-0.1, -0.05) is 56.5 Å². The number of nitrogens with zero attached hydrogens (tertiary/aromatic N) is 1. The van der Waals surface area contributed by atoms with Crippen molar-refractivity contribution in [2.75, 3.05) is 19.7 Å². The van der Waals surface area contributed by atoms with Gasteiger partial charge in [0.2, 0.25) is 5.91 Å². The third-order valence-electron chi connectivity index (χ3n) is 7.10. The van der Waals surface area contributed by atoms with Gasteiger partial charge in [-0.2, -0.15) is 0 Å². The molecule has 4 rings (SSSR count). The number of carbonyl (C=O) groups excluding carboxylic acids is 2. The van der Waals surface area contributed by atoms with Crippen LogP contribution in [0.15, 0.2) is 75.5 Å². The number of halogens is 1. The molecule has 1 heterocycles. The summed E-state index contributed by atoms with van der Waals surface area (Å²) in [6.45, 7) is 2.19. The van der Waals surface area contributed by atoms with Gasteiger partial charge in [0.15, 0.2) is 0 Å². The van der Waals surface area contributed by atoms with Crippen molar-refractivity contribution < 1.29 is 29.0 Å². The second-order valence-electron chi connectivity index (χ2n) is 9.99. The molecule has 218 valence electrons. The Balaban J connectivity index is 1.72. The van der Waals surface area contributed by atoms with Crippen LogP contribution in [0.3, 0.4) is 0 Å². The molecule has 0 spiro atoms. The Bertz CT molecular complexity index is 1450. The van der Waals surface area contributed by atoms with Crippen LogP contribution in [0.4, 0.5) is 0 Å². The monoisotopic (exact) mass is 674 g/mol. The first kappa shape index (κ1) is 30.7. The molecule has 2 amide bonds. The number of ether oxygens (including phenoxy) is 1. The number of fused-ring (bicyclic) bond motifs is 1. The van der Waals surface area contributed by atoms with E-state index in [9.17, 15) is 24.6 Å². The highest BCUT2D eigenvalue weighted by molar-refractivity contribution is 14.1. The molecule has 2 aromatic carbocycles. The van der Waals surface area contributed by atoms with Gasteiger partial charge in [0, 0.05) is 30.5 Å². The molecule has 0 radical (unpaired) electrons. The maximum atomic E-state index is 14.0. The highest BCUT2D eigenvalue weighted by Crippen LogP contribution is 2.30. The van der Waals surface area contributed by atoms with E-state index in [1.54, 1.807) is 36.4 Å². The summed E-state index contributed by atoms with van der Waals surface area (Å²) in [5.74, 6) is -0.466. The molecule has 0 bridgehead atoms. The quantitative estimate of drug-likeness (QED) is 0.150. The topological polar surface area (TPSA) is 129 Å². The largest absolute Gasteiger partial charge is 0.482 e. The van der Waals surface area contributed by atoms with Gasteiger partial charge < -0.3 is 29.6 Å². The second-order valence-corrected chi connectivity index (χ2v) is 11.2. The summed E-state index contributed by atoms with van der Waals surface area (Å²) < 4.78 is 12.5. The van der Waals surface area contributed by atoms with Crippen molar-refractivity contribution in [1.29, 1.82) is 0 Å². The Labute approximate surface area is 252 Å². The Morgan fingerprint density at radius 1 is 1.12 bits per heavy atom. The van der Waals surface area contributed by atoms with E-state index in [-0.39, 0.29) is 31.7 Å². The molecule has 0 fully saturated rings. The Kier molecular flexibility index (Phi) is 10.9. The number of aliphatic hydroxyl groups excluding tert-OH is 2. The fourth-order valence-electron chi connectivity index (χ4n) is 4.96. The first-order chi connectivity index (χ1) is 19.8. The zero-order chi connectivity index (χ0) is 29.4. The summed E-state index contributed by atoms with van der Waals surface area (Å²) in [5.41, 5.74) is -0.206. The van der Waals surface area contributed by atoms with Crippen LogP contribution in [-0.2, 0) is 4.79 Å². The number of hydrogen-bond acceptors (Lipinski definition) is 7. The summed E-state index contributed by atoms with van der Waals surface area (Å²) in [4.78, 5) is 41.5. The highest BCUT2D eigenvalue weighted by Gasteiger charge is 2.41. The minimum Gasteiger partial charge on any atom is -0.482 e. The lowest BCUT2D eigenvalue weighted by Gasteiger charge is -2.40. The van der Waals surface area contributed by atoms with Crippen LogP contribution in [0.1, 0.15) is 49.4 Å². The Morgan fingerprint density at radius 2 is 1.88 bits per heavy atom. The van der Waals surface area contributed by atoms with Crippen LogP contribution >= 0.6 is 22.6 Å². The van der Waals surface area contributed by atoms with E-state index in [2.05, 4.69) is 34.8 Å². The average molecular weight is 675 g/mol. The number of para-hydroxylation sites is 2. The lowest BCUT2D eigenvalue weighted by atomic mass is 9.87. The van der Waals surface area contributed by atoms with Crippen LogP contribution in [-0.4, -0.2) is 64.9 Å². The molecule has 3 N–H and O–H groups in total. The molecular formula is C31H35IN2O7. The minimum absolute atomic E-state index is 0.0442. The van der Waals surface area contributed by atoms with E-state index in [0.29, 0.717) is 28.7 Å². The van der Waals surface area contributed by atoms with Crippen molar-refractivity contribution in [3.05, 3.63) is 85.8 Å². The van der Waals surface area contributed by atoms with Crippen molar-refractivity contribution in [3.63, 3.8) is 0 Å².